The van der Waals surface area contributed by atoms with Crippen LogP contribution < -0.4 is 70.8 Å². The highest BCUT2D eigenvalue weighted by Crippen LogP contribution is 2.30. The number of hydrogen-bond donors (Lipinski definition) is 13. The molecular weight excluding hydrogens is 1380 g/mol. The van der Waals surface area contributed by atoms with E-state index in [-0.39, 0.29) is 117 Å². The van der Waals surface area contributed by atoms with Crippen molar-refractivity contribution in [2.75, 3.05) is 43.4 Å². The minimum absolute atomic E-state index is 0.0499. The minimum Gasteiger partial charge on any atom is -0.370 e. The van der Waals surface area contributed by atoms with Gasteiger partial charge in [-0.15, -0.1) is 0 Å². The summed E-state index contributed by atoms with van der Waals surface area (Å²) in [4.78, 5) is 216. The topological polar surface area (TPSA) is 478 Å². The van der Waals surface area contributed by atoms with Crippen LogP contribution in [-0.4, -0.2) is 219 Å². The van der Waals surface area contributed by atoms with Gasteiger partial charge in [0.2, 0.25) is 88.6 Å². The van der Waals surface area contributed by atoms with E-state index in [1.165, 1.54) is 45.1 Å². The van der Waals surface area contributed by atoms with Crippen molar-refractivity contribution in [1.82, 2.24) is 62.6 Å². The van der Waals surface area contributed by atoms with Crippen molar-refractivity contribution < 1.29 is 71.9 Å². The molecule has 0 radical (unpaired) electrons. The Hall–Kier alpha value is -8.50. The van der Waals surface area contributed by atoms with Crippen molar-refractivity contribution in [2.45, 2.75) is 201 Å². The Bertz CT molecular complexity index is 3420. The zero-order chi connectivity index (χ0) is 74.5. The molecule has 558 valence electrons. The second kappa shape index (κ2) is 38.7. The number of carbonyl (C=O) groups excluding carboxylic acids is 15. The number of primary amides is 3. The molecule has 12 atom stereocenters. The smallest absolute Gasteiger partial charge is 0.246 e. The van der Waals surface area contributed by atoms with Crippen LogP contribution in [0.1, 0.15) is 128 Å². The number of benzene rings is 2. The maximum Gasteiger partial charge on any atom is 0.246 e. The van der Waals surface area contributed by atoms with Crippen molar-refractivity contribution in [3.63, 3.8) is 0 Å². The van der Waals surface area contributed by atoms with Gasteiger partial charge >= 0.3 is 0 Å². The Kier molecular flexibility index (Phi) is 30.6. The van der Waals surface area contributed by atoms with E-state index in [1.54, 1.807) is 30.3 Å². The standard InChI is InChI=1S/C68H98N16O15S3/c1-36(2)22-44-60(91)78-47(23-37(3)4)66(97)84-21-11-16-53(84)68(99)83-20-10-15-52(83)65(96)81-50-35-102-32-42-25-40(24-41(26-42)31-101-34-49(79-57(88)38(5)69)63(94)74-43(59(90)75-44)17-18-54(70)85)30-100-33-48(58(89)73-29-56(72)87)80-62(93)46(28-55(71)86)76-61(92)45(27-39-12-7-6-8-13-39)77-64(95)51-14-9-19-82(51)67(50)98/h6-8,12-13,24-26,36-38,43-53H,9-11,14-23,27-35,69H2,1-5H3,(H2,70,85)(H2,71,86)(H2,72,87)(H,73,89)(H,74,94)(H,75,90)(H,76,92)(H,77,95)(H,78,91)(H,79,88)(H,80,93)(H,81,96)/t38-,43-,44-,45-,46-,47-,48-,49-,50-,51-,52-,53-/m0/s1. The summed E-state index contributed by atoms with van der Waals surface area (Å²) in [5, 5.41) is 24.2. The molecule has 7 rings (SSSR count). The summed E-state index contributed by atoms with van der Waals surface area (Å²) < 4.78 is 0. The molecule has 0 saturated carbocycles. The minimum atomic E-state index is -1.72. The summed E-state index contributed by atoms with van der Waals surface area (Å²) in [6.07, 6.45) is 0.215. The monoisotopic (exact) mass is 1470 g/mol. The fraction of sp³-hybridized carbons (Fsp3) is 0.603. The van der Waals surface area contributed by atoms with Crippen LogP contribution in [-0.2, 0) is 95.6 Å². The molecule has 4 bridgehead atoms. The van der Waals surface area contributed by atoms with Crippen LogP contribution in [0.5, 0.6) is 0 Å². The van der Waals surface area contributed by atoms with Crippen LogP contribution >= 0.6 is 35.3 Å². The number of fused-ring (bicyclic) bond motifs is 8. The molecule has 34 heteroatoms. The molecule has 5 aliphatic heterocycles. The van der Waals surface area contributed by atoms with Crippen LogP contribution in [0, 0.1) is 11.8 Å². The predicted octanol–water partition coefficient (Wildman–Crippen LogP) is -2.31. The fourth-order valence-corrected chi connectivity index (χ4v) is 15.9. The molecule has 31 nitrogen and oxygen atoms in total. The summed E-state index contributed by atoms with van der Waals surface area (Å²) >= 11 is 3.63. The highest BCUT2D eigenvalue weighted by atomic mass is 32.2. The number of rotatable bonds is 16. The highest BCUT2D eigenvalue weighted by molar-refractivity contribution is 7.99. The lowest BCUT2D eigenvalue weighted by atomic mass is 9.99. The molecule has 15 amide bonds. The van der Waals surface area contributed by atoms with E-state index in [9.17, 15) is 57.5 Å². The van der Waals surface area contributed by atoms with Crippen molar-refractivity contribution in [3.8, 4) is 0 Å². The summed E-state index contributed by atoms with van der Waals surface area (Å²) in [6.45, 7) is 8.43. The number of nitrogens with one attached hydrogen (secondary N) is 9. The third-order valence-electron chi connectivity index (χ3n) is 17.9. The summed E-state index contributed by atoms with van der Waals surface area (Å²) in [5.41, 5.74) is 25.2. The Labute approximate surface area is 605 Å². The first-order chi connectivity index (χ1) is 48.5. The summed E-state index contributed by atoms with van der Waals surface area (Å²) in [7, 11) is 0. The van der Waals surface area contributed by atoms with Crippen LogP contribution in [0.4, 0.5) is 0 Å². The number of nitrogens with two attached hydrogens (primary N) is 4. The maximum absolute atomic E-state index is 15.4. The van der Waals surface area contributed by atoms with Gasteiger partial charge in [-0.2, -0.15) is 35.3 Å². The Balaban J connectivity index is 1.33. The number of carbonyl (C=O) groups is 15. The number of hydrogen-bond acceptors (Lipinski definition) is 19. The van der Waals surface area contributed by atoms with Gasteiger partial charge in [0.15, 0.2) is 0 Å². The van der Waals surface area contributed by atoms with Gasteiger partial charge in [0.25, 0.3) is 0 Å². The lowest BCUT2D eigenvalue weighted by molar-refractivity contribution is -0.148. The molecule has 3 fully saturated rings. The summed E-state index contributed by atoms with van der Waals surface area (Å²) in [6, 6.07) is -1.63. The molecule has 17 N–H and O–H groups in total. The van der Waals surface area contributed by atoms with Crippen LogP contribution in [0.15, 0.2) is 48.5 Å². The second-order valence-electron chi connectivity index (χ2n) is 27.4. The molecule has 3 saturated heterocycles. The molecule has 0 unspecified atom stereocenters. The summed E-state index contributed by atoms with van der Waals surface area (Å²) in [5.74, 6) is -12.2. The normalized spacial score (nSPS) is 26.4. The van der Waals surface area contributed by atoms with Gasteiger partial charge in [-0.25, -0.2) is 0 Å². The quantitative estimate of drug-likeness (QED) is 0.0840. The fourth-order valence-electron chi connectivity index (χ4n) is 12.9. The molecule has 2 aromatic carbocycles. The largest absolute Gasteiger partial charge is 0.370 e. The Morgan fingerprint density at radius 3 is 1.56 bits per heavy atom. The van der Waals surface area contributed by atoms with Gasteiger partial charge in [0.05, 0.1) is 19.0 Å². The van der Waals surface area contributed by atoms with Crippen LogP contribution in [0.25, 0.3) is 0 Å². The zero-order valence-electron chi connectivity index (χ0n) is 58.3. The molecule has 0 aliphatic carbocycles. The van der Waals surface area contributed by atoms with Gasteiger partial charge in [0.1, 0.15) is 66.5 Å². The second-order valence-corrected chi connectivity index (χ2v) is 30.4. The van der Waals surface area contributed by atoms with Gasteiger partial charge < -0.3 is 85.5 Å². The first-order valence-electron chi connectivity index (χ1n) is 34.6. The first kappa shape index (κ1) is 80.8. The third kappa shape index (κ3) is 23.8. The number of amides is 15. The molecule has 2 aromatic rings. The lowest BCUT2D eigenvalue weighted by Crippen LogP contribution is -2.61. The van der Waals surface area contributed by atoms with Gasteiger partial charge in [-0.3, -0.25) is 71.9 Å². The van der Waals surface area contributed by atoms with E-state index in [0.29, 0.717) is 41.5 Å². The molecular formula is C68H98N16O15S3. The first-order valence-corrected chi connectivity index (χ1v) is 38.0. The molecule has 0 aromatic heterocycles. The van der Waals surface area contributed by atoms with Crippen molar-refractivity contribution in [1.29, 1.82) is 0 Å². The van der Waals surface area contributed by atoms with Crippen molar-refractivity contribution >= 4 is 124 Å². The SMILES string of the molecule is CC(C)C[C@@H]1NC(=O)[C@H](CCC(N)=O)NC(=O)[C@@H](NC(=O)[C@H](C)N)CSCc2cc3cc(c2)CSC[C@H](NC(=O)[C@@H]2CCCN2C(=O)[C@@H]2CCCN2C(=O)[C@H](CC(C)C)NC1=O)C(=O)N1CCC[C@H]1C(=O)N[C@@H](Cc1ccccc1)C(=O)N[C@@H](CC(N)=O)C(=O)N[C@H](C(=O)NCC(N)=O)CSC3. The zero-order valence-corrected chi connectivity index (χ0v) is 60.7. The lowest BCUT2D eigenvalue weighted by Gasteiger charge is -2.34. The average Bonchev–Trinajstić information content (AvgIpc) is 1.62. The van der Waals surface area contributed by atoms with Gasteiger partial charge in [-0.1, -0.05) is 76.2 Å². The Morgan fingerprint density at radius 1 is 0.510 bits per heavy atom. The number of thioether (sulfide) groups is 3. The average molecular weight is 1480 g/mol. The molecule has 5 aliphatic rings. The van der Waals surface area contributed by atoms with Crippen LogP contribution in [0.2, 0.25) is 0 Å². The molecule has 5 heterocycles. The van der Waals surface area contributed by atoms with E-state index in [1.807, 2.05) is 45.9 Å². The van der Waals surface area contributed by atoms with Gasteiger partial charge in [-0.05, 0) is 98.8 Å². The maximum atomic E-state index is 15.4. The van der Waals surface area contributed by atoms with E-state index in [4.69, 9.17) is 22.9 Å². The van der Waals surface area contributed by atoms with Crippen molar-refractivity contribution in [3.05, 3.63) is 70.8 Å². The van der Waals surface area contributed by atoms with E-state index >= 15 is 14.4 Å². The van der Waals surface area contributed by atoms with Gasteiger partial charge in [0, 0.05) is 67.0 Å². The number of nitrogens with zero attached hydrogens (tertiary/aromatic N) is 3. The van der Waals surface area contributed by atoms with E-state index in [0.717, 1.165) is 11.8 Å². The molecule has 102 heavy (non-hydrogen) atoms. The van der Waals surface area contributed by atoms with E-state index < -0.39 is 174 Å². The third-order valence-corrected chi connectivity index (χ3v) is 21.2. The van der Waals surface area contributed by atoms with Crippen LogP contribution in [0.3, 0.4) is 0 Å². The predicted molar refractivity (Wildman–Crippen MR) is 382 cm³/mol. The molecule has 0 spiro atoms. The van der Waals surface area contributed by atoms with E-state index in [2.05, 4.69) is 47.9 Å². The Morgan fingerprint density at radius 2 is 0.990 bits per heavy atom. The highest BCUT2D eigenvalue weighted by Gasteiger charge is 2.46. The van der Waals surface area contributed by atoms with Crippen molar-refractivity contribution in [2.24, 2.45) is 34.8 Å².